The average Bonchev–Trinajstić information content (AvgIpc) is 3.67. The molecule has 1 radical (unpaired) electrons. The number of rotatable bonds is 6. The first-order valence-electron chi connectivity index (χ1n) is 16.9. The Bertz CT molecular complexity index is 2390. The Morgan fingerprint density at radius 2 is 1.56 bits per heavy atom. The summed E-state index contributed by atoms with van der Waals surface area (Å²) in [5.74, 6) is 1.47. The van der Waals surface area contributed by atoms with Crippen molar-refractivity contribution in [3.05, 3.63) is 139 Å². The Morgan fingerprint density at radius 3 is 2.30 bits per heavy atom. The van der Waals surface area contributed by atoms with Crippen molar-refractivity contribution in [2.75, 3.05) is 0 Å². The van der Waals surface area contributed by atoms with E-state index in [9.17, 15) is 0 Å². The summed E-state index contributed by atoms with van der Waals surface area (Å²) in [6.45, 7) is 13.7. The second-order valence-electron chi connectivity index (χ2n) is 13.9. The van der Waals surface area contributed by atoms with E-state index in [-0.39, 0.29) is 20.1 Å². The van der Waals surface area contributed by atoms with Crippen molar-refractivity contribution < 1.29 is 24.5 Å². The van der Waals surface area contributed by atoms with Crippen molar-refractivity contribution in [1.29, 1.82) is 0 Å². The second kappa shape index (κ2) is 14.7. The standard InChI is InChI=1S/C25H16N3O.C18H24NSi.Ir/c1-16-14-15-19-18-10-7-11-20(23(18)29-25(19)26-16)24-27-21-12-5-6-13-22(21)28(24)17-8-3-2-4-9-17;1-14(2)11-16-12-17(15-9-7-6-8-10-15)19-13-18(16)20(3,4)5;/h2-10,12-15H,1H3;6-9,12-14H,11H2,1-5H3;/q2*-1;. The minimum atomic E-state index is -1.34. The van der Waals surface area contributed by atoms with E-state index >= 15 is 0 Å². The summed E-state index contributed by atoms with van der Waals surface area (Å²) >= 11 is 0. The van der Waals surface area contributed by atoms with E-state index in [2.05, 4.69) is 103 Å². The van der Waals surface area contributed by atoms with Crippen molar-refractivity contribution in [2.24, 2.45) is 5.92 Å². The number of aromatic nitrogens is 4. The van der Waals surface area contributed by atoms with Crippen LogP contribution in [-0.2, 0) is 26.5 Å². The van der Waals surface area contributed by atoms with Gasteiger partial charge in [-0.05, 0) is 66.5 Å². The van der Waals surface area contributed by atoms with E-state index in [1.807, 2.05) is 79.7 Å². The minimum Gasteiger partial charge on any atom is -0.486 e. The van der Waals surface area contributed by atoms with Crippen LogP contribution in [-0.4, -0.2) is 27.6 Å². The zero-order valence-electron chi connectivity index (χ0n) is 29.3. The molecule has 0 amide bonds. The summed E-state index contributed by atoms with van der Waals surface area (Å²) in [6.07, 6.45) is 3.24. The Balaban J connectivity index is 0.000000182. The molecule has 0 saturated carbocycles. The predicted octanol–water partition coefficient (Wildman–Crippen LogP) is 10.4. The fourth-order valence-corrected chi connectivity index (χ4v) is 7.98. The third-order valence-corrected chi connectivity index (χ3v) is 10.7. The van der Waals surface area contributed by atoms with Crippen LogP contribution in [0.3, 0.4) is 0 Å². The van der Waals surface area contributed by atoms with Crippen LogP contribution < -0.4 is 5.19 Å². The van der Waals surface area contributed by atoms with Crippen molar-refractivity contribution in [3.63, 3.8) is 0 Å². The molecule has 0 fully saturated rings. The first-order chi connectivity index (χ1) is 23.7. The summed E-state index contributed by atoms with van der Waals surface area (Å²) in [7, 11) is -1.34. The summed E-state index contributed by atoms with van der Waals surface area (Å²) in [5.41, 5.74) is 9.79. The molecule has 0 atom stereocenters. The molecule has 0 bridgehead atoms. The molecule has 5 nitrogen and oxygen atoms in total. The number of nitrogens with zero attached hydrogens (tertiary/aromatic N) is 4. The fraction of sp³-hybridized carbons (Fsp3) is 0.186. The molecule has 0 aliphatic rings. The number of aryl methyl sites for hydroxylation is 1. The van der Waals surface area contributed by atoms with Crippen molar-refractivity contribution in [2.45, 2.75) is 46.8 Å². The van der Waals surface area contributed by atoms with Gasteiger partial charge in [0.15, 0.2) is 0 Å². The van der Waals surface area contributed by atoms with Crippen LogP contribution in [0.2, 0.25) is 19.6 Å². The molecule has 0 aliphatic carbocycles. The normalized spacial score (nSPS) is 11.5. The van der Waals surface area contributed by atoms with Crippen LogP contribution in [0, 0.1) is 25.0 Å². The van der Waals surface area contributed by atoms with Crippen molar-refractivity contribution in [3.8, 4) is 28.3 Å². The molecular weight excluding hydrogens is 809 g/mol. The monoisotopic (exact) mass is 849 g/mol. The molecule has 4 aromatic heterocycles. The Kier molecular flexibility index (Phi) is 10.3. The number of imidazole rings is 1. The van der Waals surface area contributed by atoms with Crippen LogP contribution in [0.1, 0.15) is 25.1 Å². The van der Waals surface area contributed by atoms with Crippen LogP contribution >= 0.6 is 0 Å². The van der Waals surface area contributed by atoms with Crippen LogP contribution in [0.4, 0.5) is 0 Å². The van der Waals surface area contributed by atoms with Gasteiger partial charge in [-0.2, -0.15) is 0 Å². The third kappa shape index (κ3) is 7.13. The van der Waals surface area contributed by atoms with Gasteiger partial charge in [-0.15, -0.1) is 54.1 Å². The van der Waals surface area contributed by atoms with E-state index in [1.165, 1.54) is 10.8 Å². The van der Waals surface area contributed by atoms with Gasteiger partial charge in [-0.25, -0.2) is 4.98 Å². The molecule has 253 valence electrons. The van der Waals surface area contributed by atoms with Crippen molar-refractivity contribution >= 4 is 46.4 Å². The fourth-order valence-electron chi connectivity index (χ4n) is 6.39. The largest absolute Gasteiger partial charge is 0.486 e. The van der Waals surface area contributed by atoms with Gasteiger partial charge in [0.2, 0.25) is 5.71 Å². The van der Waals surface area contributed by atoms with E-state index in [0.717, 1.165) is 67.8 Å². The molecule has 0 unspecified atom stereocenters. The molecule has 0 spiro atoms. The van der Waals surface area contributed by atoms with Gasteiger partial charge in [-0.1, -0.05) is 86.4 Å². The average molecular weight is 849 g/mol. The van der Waals surface area contributed by atoms with Gasteiger partial charge in [0, 0.05) is 43.1 Å². The quantitative estimate of drug-likeness (QED) is 0.124. The number of fused-ring (bicyclic) bond motifs is 4. The minimum absolute atomic E-state index is 0. The molecular formula is C43H40IrN4OSi-2. The van der Waals surface area contributed by atoms with E-state index < -0.39 is 8.07 Å². The van der Waals surface area contributed by atoms with Gasteiger partial charge < -0.3 is 14.0 Å². The first kappa shape index (κ1) is 35.2. The smallest absolute Gasteiger partial charge is 0.216 e. The Labute approximate surface area is 308 Å². The van der Waals surface area contributed by atoms with Gasteiger partial charge in [0.1, 0.15) is 0 Å². The summed E-state index contributed by atoms with van der Waals surface area (Å²) in [6, 6.07) is 43.4. The maximum absolute atomic E-state index is 6.21. The number of pyridine rings is 2. The van der Waals surface area contributed by atoms with Crippen LogP contribution in [0.15, 0.2) is 120 Å². The molecule has 4 heterocycles. The third-order valence-electron chi connectivity index (χ3n) is 8.65. The number of hydrogen-bond donors (Lipinski definition) is 0. The summed E-state index contributed by atoms with van der Waals surface area (Å²) in [4.78, 5) is 14.2. The Morgan fingerprint density at radius 1 is 0.800 bits per heavy atom. The predicted molar refractivity (Wildman–Crippen MR) is 205 cm³/mol. The van der Waals surface area contributed by atoms with Gasteiger partial charge >= 0.3 is 0 Å². The number of para-hydroxylation sites is 3. The van der Waals surface area contributed by atoms with Crippen molar-refractivity contribution in [1.82, 2.24) is 19.5 Å². The zero-order valence-corrected chi connectivity index (χ0v) is 32.7. The second-order valence-corrected chi connectivity index (χ2v) is 19.0. The van der Waals surface area contributed by atoms with Crippen LogP contribution in [0.5, 0.6) is 0 Å². The number of benzene rings is 4. The summed E-state index contributed by atoms with van der Waals surface area (Å²) in [5, 5.41) is 3.52. The molecule has 7 heteroatoms. The van der Waals surface area contributed by atoms with E-state index in [0.29, 0.717) is 11.6 Å². The maximum atomic E-state index is 6.21. The van der Waals surface area contributed by atoms with Crippen LogP contribution in [0.25, 0.3) is 61.4 Å². The molecule has 0 aliphatic heterocycles. The number of hydrogen-bond acceptors (Lipinski definition) is 4. The Hall–Kier alpha value is -4.68. The number of furan rings is 1. The first-order valence-corrected chi connectivity index (χ1v) is 20.4. The van der Waals surface area contributed by atoms with Gasteiger partial charge in [-0.3, -0.25) is 4.98 Å². The van der Waals surface area contributed by atoms with Gasteiger partial charge in [0.05, 0.1) is 30.5 Å². The molecule has 0 N–H and O–H groups in total. The van der Waals surface area contributed by atoms with Gasteiger partial charge in [0.25, 0.3) is 0 Å². The van der Waals surface area contributed by atoms with E-state index in [4.69, 9.17) is 9.40 Å². The SMILES string of the molecule is CC(C)Cc1cc(-c2[c-]cccc2)ncc1[Si](C)(C)C.Cc1ccc2c(n1)oc1c(-c3nc4ccccc4n3-c3ccccc3)[c-]ccc12.[Ir]. The maximum Gasteiger partial charge on any atom is 0.216 e. The molecule has 8 aromatic rings. The molecule has 0 saturated heterocycles. The molecule has 8 rings (SSSR count). The zero-order chi connectivity index (χ0) is 34.1. The molecule has 50 heavy (non-hydrogen) atoms. The van der Waals surface area contributed by atoms with E-state index in [1.54, 1.807) is 0 Å². The summed E-state index contributed by atoms with van der Waals surface area (Å²) < 4.78 is 8.37. The molecule has 4 aromatic carbocycles. The topological polar surface area (TPSA) is 56.7 Å².